The molecule has 9 heteroatoms. The van der Waals surface area contributed by atoms with E-state index in [1.807, 2.05) is 13.0 Å². The number of halogens is 2. The van der Waals surface area contributed by atoms with Gasteiger partial charge in [0.2, 0.25) is 5.95 Å². The number of hydrogen-bond acceptors (Lipinski definition) is 7. The first-order valence-corrected chi connectivity index (χ1v) is 9.03. The summed E-state index contributed by atoms with van der Waals surface area (Å²) in [6.07, 6.45) is 5.90. The van der Waals surface area contributed by atoms with E-state index in [0.29, 0.717) is 23.8 Å². The van der Waals surface area contributed by atoms with Gasteiger partial charge in [-0.15, -0.1) is 24.8 Å². The summed E-state index contributed by atoms with van der Waals surface area (Å²) in [4.78, 5) is 20.0. The number of aryl methyl sites for hydroxylation is 1. The fourth-order valence-corrected chi connectivity index (χ4v) is 3.87. The quantitative estimate of drug-likeness (QED) is 0.798. The summed E-state index contributed by atoms with van der Waals surface area (Å²) in [5.74, 6) is 3.18. The van der Waals surface area contributed by atoms with Crippen LogP contribution in [0.25, 0.3) is 0 Å². The molecular formula is C18H27Cl2N7. The third-order valence-electron chi connectivity index (χ3n) is 5.37. The Morgan fingerprint density at radius 3 is 2.33 bits per heavy atom. The van der Waals surface area contributed by atoms with Crippen molar-refractivity contribution in [2.75, 3.05) is 23.7 Å². The lowest BCUT2D eigenvalue weighted by Gasteiger charge is -2.35. The summed E-state index contributed by atoms with van der Waals surface area (Å²) in [7, 11) is 0. The first kappa shape index (κ1) is 21.6. The highest BCUT2D eigenvalue weighted by Gasteiger charge is 2.30. The summed E-state index contributed by atoms with van der Waals surface area (Å²) >= 11 is 0. The predicted molar refractivity (Wildman–Crippen MR) is 112 cm³/mol. The molecule has 1 aliphatic carbocycles. The summed E-state index contributed by atoms with van der Waals surface area (Å²) < 4.78 is 0. The highest BCUT2D eigenvalue weighted by Crippen LogP contribution is 2.36. The Balaban J connectivity index is 0.00000131. The fraction of sp³-hybridized carbons (Fsp3) is 0.556. The Kier molecular flexibility index (Phi) is 7.19. The molecule has 4 N–H and O–H groups in total. The van der Waals surface area contributed by atoms with Crippen molar-refractivity contribution in [2.24, 2.45) is 5.73 Å². The van der Waals surface area contributed by atoms with Crippen LogP contribution in [0.15, 0.2) is 18.3 Å². The molecule has 148 valence electrons. The van der Waals surface area contributed by atoms with Gasteiger partial charge in [-0.1, -0.05) is 0 Å². The number of hydrogen-bond donors (Lipinski definition) is 2. The first-order valence-electron chi connectivity index (χ1n) is 9.03. The van der Waals surface area contributed by atoms with E-state index in [4.69, 9.17) is 11.5 Å². The summed E-state index contributed by atoms with van der Waals surface area (Å²) in [6.45, 7) is 3.91. The van der Waals surface area contributed by atoms with Crippen LogP contribution in [0.5, 0.6) is 0 Å². The predicted octanol–water partition coefficient (Wildman–Crippen LogP) is 2.59. The third kappa shape index (κ3) is 4.78. The normalized spacial score (nSPS) is 22.4. The molecule has 0 atom stereocenters. The molecule has 3 heterocycles. The van der Waals surface area contributed by atoms with E-state index >= 15 is 0 Å². The number of nitrogens with zero attached hydrogens (tertiary/aromatic N) is 5. The number of aromatic nitrogens is 4. The van der Waals surface area contributed by atoms with Crippen molar-refractivity contribution in [2.45, 2.75) is 50.5 Å². The molecule has 1 saturated heterocycles. The van der Waals surface area contributed by atoms with E-state index in [0.717, 1.165) is 61.8 Å². The van der Waals surface area contributed by atoms with Crippen LogP contribution in [0, 0.1) is 6.92 Å². The molecular weight excluding hydrogens is 385 g/mol. The van der Waals surface area contributed by atoms with Gasteiger partial charge in [-0.05, 0) is 38.7 Å². The summed E-state index contributed by atoms with van der Waals surface area (Å²) in [5.41, 5.74) is 13.8. The molecule has 0 aromatic carbocycles. The molecule has 2 aromatic heterocycles. The Hall–Kier alpha value is -1.70. The average Bonchev–Trinajstić information content (AvgIpc) is 2.58. The molecule has 2 aliphatic rings. The van der Waals surface area contributed by atoms with Crippen LogP contribution in [0.3, 0.4) is 0 Å². The Labute approximate surface area is 172 Å². The van der Waals surface area contributed by atoms with Gasteiger partial charge in [0.1, 0.15) is 11.6 Å². The van der Waals surface area contributed by atoms with Crippen molar-refractivity contribution in [3.05, 3.63) is 35.5 Å². The topological polar surface area (TPSA) is 107 Å². The molecule has 2 aromatic rings. The van der Waals surface area contributed by atoms with Crippen LogP contribution in [0.2, 0.25) is 0 Å². The lowest BCUT2D eigenvalue weighted by atomic mass is 9.78. The minimum absolute atomic E-state index is 0. The van der Waals surface area contributed by atoms with E-state index in [-0.39, 0.29) is 24.8 Å². The molecule has 7 nitrogen and oxygen atoms in total. The Bertz CT molecular complexity index is 759. The second-order valence-electron chi connectivity index (χ2n) is 7.23. The maximum atomic E-state index is 5.93. The molecule has 4 rings (SSSR count). The first-order chi connectivity index (χ1) is 12.1. The van der Waals surface area contributed by atoms with Crippen molar-refractivity contribution >= 4 is 36.6 Å². The minimum atomic E-state index is 0. The molecule has 0 bridgehead atoms. The Morgan fingerprint density at radius 2 is 1.70 bits per heavy atom. The van der Waals surface area contributed by atoms with Gasteiger partial charge in [0.15, 0.2) is 0 Å². The highest BCUT2D eigenvalue weighted by atomic mass is 35.5. The number of piperidine rings is 1. The molecule has 0 amide bonds. The molecule has 1 aliphatic heterocycles. The van der Waals surface area contributed by atoms with E-state index < -0.39 is 0 Å². The van der Waals surface area contributed by atoms with Crippen molar-refractivity contribution < 1.29 is 0 Å². The van der Waals surface area contributed by atoms with Gasteiger partial charge < -0.3 is 16.4 Å². The SMILES string of the molecule is Cc1nc(C2CC(N)C2)cc(N2CCC(c3ccnc(N)n3)CC2)n1.Cl.Cl. The second kappa shape index (κ2) is 8.99. The third-order valence-corrected chi connectivity index (χ3v) is 5.37. The average molecular weight is 412 g/mol. The van der Waals surface area contributed by atoms with Crippen molar-refractivity contribution in [1.29, 1.82) is 0 Å². The monoisotopic (exact) mass is 411 g/mol. The fourth-order valence-electron chi connectivity index (χ4n) is 3.87. The molecule has 0 radical (unpaired) electrons. The van der Waals surface area contributed by atoms with Gasteiger partial charge >= 0.3 is 0 Å². The van der Waals surface area contributed by atoms with E-state index in [2.05, 4.69) is 30.9 Å². The largest absolute Gasteiger partial charge is 0.368 e. The zero-order chi connectivity index (χ0) is 17.4. The zero-order valence-electron chi connectivity index (χ0n) is 15.4. The van der Waals surface area contributed by atoms with Crippen LogP contribution in [0.1, 0.15) is 54.7 Å². The van der Waals surface area contributed by atoms with Crippen molar-refractivity contribution in [3.8, 4) is 0 Å². The lowest BCUT2D eigenvalue weighted by molar-refractivity contribution is 0.344. The smallest absolute Gasteiger partial charge is 0.220 e. The van der Waals surface area contributed by atoms with Gasteiger partial charge in [0, 0.05) is 54.6 Å². The van der Waals surface area contributed by atoms with Crippen LogP contribution in [0.4, 0.5) is 11.8 Å². The highest BCUT2D eigenvalue weighted by molar-refractivity contribution is 5.85. The molecule has 0 spiro atoms. The summed E-state index contributed by atoms with van der Waals surface area (Å²) in [6, 6.07) is 4.47. The molecule has 0 unspecified atom stereocenters. The van der Waals surface area contributed by atoms with Gasteiger partial charge in [-0.25, -0.2) is 19.9 Å². The number of nitrogen functional groups attached to an aromatic ring is 1. The van der Waals surface area contributed by atoms with E-state index in [1.54, 1.807) is 6.20 Å². The summed E-state index contributed by atoms with van der Waals surface area (Å²) in [5, 5.41) is 0. The lowest BCUT2D eigenvalue weighted by Crippen LogP contribution is -2.36. The molecule has 27 heavy (non-hydrogen) atoms. The van der Waals surface area contributed by atoms with E-state index in [1.165, 1.54) is 0 Å². The van der Waals surface area contributed by atoms with Crippen LogP contribution >= 0.6 is 24.8 Å². The van der Waals surface area contributed by atoms with Crippen LogP contribution in [-0.2, 0) is 0 Å². The van der Waals surface area contributed by atoms with Crippen molar-refractivity contribution in [1.82, 2.24) is 19.9 Å². The van der Waals surface area contributed by atoms with Crippen LogP contribution < -0.4 is 16.4 Å². The van der Waals surface area contributed by atoms with Gasteiger partial charge in [0.05, 0.1) is 0 Å². The number of rotatable bonds is 3. The number of anilines is 2. The standard InChI is InChI=1S/C18H25N7.2ClH/c1-11-22-16(13-8-14(19)9-13)10-17(23-11)25-6-3-12(4-7-25)15-2-5-21-18(20)24-15;;/h2,5,10,12-14H,3-4,6-9,19H2,1H3,(H2,20,21,24);2*1H. The number of nitrogens with two attached hydrogens (primary N) is 2. The van der Waals surface area contributed by atoms with Gasteiger partial charge in [-0.3, -0.25) is 0 Å². The Morgan fingerprint density at radius 1 is 1.00 bits per heavy atom. The maximum Gasteiger partial charge on any atom is 0.220 e. The van der Waals surface area contributed by atoms with E-state index in [9.17, 15) is 0 Å². The molecule has 2 fully saturated rings. The van der Waals surface area contributed by atoms with Gasteiger partial charge in [-0.2, -0.15) is 0 Å². The minimum Gasteiger partial charge on any atom is -0.368 e. The van der Waals surface area contributed by atoms with Crippen molar-refractivity contribution in [3.63, 3.8) is 0 Å². The molecule has 1 saturated carbocycles. The second-order valence-corrected chi connectivity index (χ2v) is 7.23. The van der Waals surface area contributed by atoms with Crippen LogP contribution in [-0.4, -0.2) is 39.1 Å². The zero-order valence-corrected chi connectivity index (χ0v) is 17.0. The maximum absolute atomic E-state index is 5.93. The van der Waals surface area contributed by atoms with Gasteiger partial charge in [0.25, 0.3) is 0 Å².